The minimum Gasteiger partial charge on any atom is -0.497 e. The molecule has 0 aliphatic rings. The van der Waals surface area contributed by atoms with E-state index in [9.17, 15) is 9.59 Å². The van der Waals surface area contributed by atoms with E-state index in [0.717, 1.165) is 40.6 Å². The number of aryl methyl sites for hydroxylation is 1. The van der Waals surface area contributed by atoms with Crippen molar-refractivity contribution in [2.75, 3.05) is 20.3 Å². The molecule has 6 nitrogen and oxygen atoms in total. The zero-order valence-corrected chi connectivity index (χ0v) is 19.3. The van der Waals surface area contributed by atoms with E-state index < -0.39 is 0 Å². The average Bonchev–Trinajstić information content (AvgIpc) is 2.79. The second-order valence-corrected chi connectivity index (χ2v) is 8.16. The van der Waals surface area contributed by atoms with E-state index in [-0.39, 0.29) is 24.0 Å². The first-order chi connectivity index (χ1) is 15.4. The van der Waals surface area contributed by atoms with Gasteiger partial charge in [-0.1, -0.05) is 32.9 Å². The minimum atomic E-state index is -0.180. The SMILES string of the molecule is CCCn1c(=O)cc(C(C)C)c2ccc(OCC(=O)NCCc3ccc(OC)cc3)cc21. The van der Waals surface area contributed by atoms with E-state index in [2.05, 4.69) is 19.2 Å². The first-order valence-corrected chi connectivity index (χ1v) is 11.1. The fourth-order valence-electron chi connectivity index (χ4n) is 3.75. The summed E-state index contributed by atoms with van der Waals surface area (Å²) in [5, 5.41) is 3.93. The number of aromatic nitrogens is 1. The predicted molar refractivity (Wildman–Crippen MR) is 128 cm³/mol. The lowest BCUT2D eigenvalue weighted by molar-refractivity contribution is -0.123. The smallest absolute Gasteiger partial charge is 0.257 e. The number of amides is 1. The number of pyridine rings is 1. The Bertz CT molecular complexity index is 1120. The maximum Gasteiger partial charge on any atom is 0.257 e. The van der Waals surface area contributed by atoms with Crippen LogP contribution in [-0.2, 0) is 17.8 Å². The van der Waals surface area contributed by atoms with Crippen LogP contribution in [0, 0.1) is 0 Å². The summed E-state index contributed by atoms with van der Waals surface area (Å²) in [4.78, 5) is 24.9. The lowest BCUT2D eigenvalue weighted by atomic mass is 9.98. The molecule has 1 aromatic heterocycles. The Morgan fingerprint density at radius 3 is 2.44 bits per heavy atom. The second kappa shape index (κ2) is 10.8. The maximum atomic E-state index is 12.6. The van der Waals surface area contributed by atoms with Gasteiger partial charge in [-0.3, -0.25) is 9.59 Å². The van der Waals surface area contributed by atoms with Gasteiger partial charge in [0.15, 0.2) is 6.61 Å². The molecule has 0 saturated heterocycles. The second-order valence-electron chi connectivity index (χ2n) is 8.16. The Morgan fingerprint density at radius 1 is 1.06 bits per heavy atom. The Balaban J connectivity index is 1.64. The molecular weight excluding hydrogens is 404 g/mol. The van der Waals surface area contributed by atoms with Crippen molar-refractivity contribution in [1.29, 1.82) is 0 Å². The highest BCUT2D eigenvalue weighted by atomic mass is 16.5. The molecule has 6 heteroatoms. The number of carbonyl (C=O) groups excluding carboxylic acids is 1. The molecule has 1 heterocycles. The highest BCUT2D eigenvalue weighted by Crippen LogP contribution is 2.27. The minimum absolute atomic E-state index is 0.00326. The van der Waals surface area contributed by atoms with Gasteiger partial charge in [0.25, 0.3) is 11.5 Å². The average molecular weight is 437 g/mol. The van der Waals surface area contributed by atoms with E-state index >= 15 is 0 Å². The number of benzene rings is 2. The quantitative estimate of drug-likeness (QED) is 0.515. The molecule has 0 spiro atoms. The summed E-state index contributed by atoms with van der Waals surface area (Å²) in [6, 6.07) is 15.2. The molecule has 0 saturated carbocycles. The Labute approximate surface area is 189 Å². The van der Waals surface area contributed by atoms with Crippen molar-refractivity contribution < 1.29 is 14.3 Å². The summed E-state index contributed by atoms with van der Waals surface area (Å²) in [5.74, 6) is 1.45. The molecule has 1 N–H and O–H groups in total. The lowest BCUT2D eigenvalue weighted by Gasteiger charge is -2.16. The topological polar surface area (TPSA) is 69.6 Å². The van der Waals surface area contributed by atoms with Crippen LogP contribution in [0.4, 0.5) is 0 Å². The van der Waals surface area contributed by atoms with Crippen molar-refractivity contribution in [1.82, 2.24) is 9.88 Å². The fraction of sp³-hybridized carbons (Fsp3) is 0.385. The first-order valence-electron chi connectivity index (χ1n) is 11.1. The number of rotatable bonds is 10. The molecule has 0 atom stereocenters. The van der Waals surface area contributed by atoms with Crippen LogP contribution >= 0.6 is 0 Å². The van der Waals surface area contributed by atoms with E-state index in [4.69, 9.17) is 9.47 Å². The van der Waals surface area contributed by atoms with Crippen LogP contribution in [0.1, 0.15) is 44.2 Å². The predicted octanol–water partition coefficient (Wildman–Crippen LogP) is 4.28. The van der Waals surface area contributed by atoms with Crippen LogP contribution in [0.5, 0.6) is 11.5 Å². The van der Waals surface area contributed by atoms with Gasteiger partial charge in [0.05, 0.1) is 12.6 Å². The van der Waals surface area contributed by atoms with Crippen LogP contribution in [0.15, 0.2) is 53.3 Å². The fourth-order valence-corrected chi connectivity index (χ4v) is 3.75. The van der Waals surface area contributed by atoms with Gasteiger partial charge >= 0.3 is 0 Å². The van der Waals surface area contributed by atoms with E-state index in [1.165, 1.54) is 0 Å². The standard InChI is InChI=1S/C26H32N2O4/c1-5-14-28-24-15-21(10-11-22(24)23(18(2)3)16-26(28)30)32-17-25(29)27-13-12-19-6-8-20(31-4)9-7-19/h6-11,15-16,18H,5,12-14,17H2,1-4H3,(H,27,29). The van der Waals surface area contributed by atoms with Crippen molar-refractivity contribution in [2.45, 2.75) is 46.1 Å². The van der Waals surface area contributed by atoms with Gasteiger partial charge in [0, 0.05) is 30.6 Å². The summed E-state index contributed by atoms with van der Waals surface area (Å²) < 4.78 is 12.7. The Kier molecular flexibility index (Phi) is 7.92. The molecule has 0 unspecified atom stereocenters. The summed E-state index contributed by atoms with van der Waals surface area (Å²) in [6.45, 7) is 7.31. The van der Waals surface area contributed by atoms with Crippen LogP contribution in [0.3, 0.4) is 0 Å². The van der Waals surface area contributed by atoms with E-state index in [1.54, 1.807) is 17.7 Å². The first kappa shape index (κ1) is 23.4. The van der Waals surface area contributed by atoms with Crippen molar-refractivity contribution in [3.8, 4) is 11.5 Å². The number of ether oxygens (including phenoxy) is 2. The van der Waals surface area contributed by atoms with Gasteiger partial charge in [0.1, 0.15) is 11.5 Å². The zero-order chi connectivity index (χ0) is 23.1. The molecule has 0 fully saturated rings. The van der Waals surface area contributed by atoms with Gasteiger partial charge in [-0.2, -0.15) is 0 Å². The highest BCUT2D eigenvalue weighted by Gasteiger charge is 2.13. The summed E-state index contributed by atoms with van der Waals surface area (Å²) >= 11 is 0. The van der Waals surface area contributed by atoms with Crippen molar-refractivity contribution in [3.63, 3.8) is 0 Å². The summed E-state index contributed by atoms with van der Waals surface area (Å²) in [7, 11) is 1.64. The van der Waals surface area contributed by atoms with Gasteiger partial charge in [-0.15, -0.1) is 0 Å². The number of methoxy groups -OCH3 is 1. The normalized spacial score (nSPS) is 11.0. The number of carbonyl (C=O) groups is 1. The molecular formula is C26H32N2O4. The number of nitrogens with zero attached hydrogens (tertiary/aromatic N) is 1. The van der Waals surface area contributed by atoms with Crippen molar-refractivity contribution in [3.05, 3.63) is 70.0 Å². The van der Waals surface area contributed by atoms with Crippen LogP contribution in [-0.4, -0.2) is 30.7 Å². The number of hydrogen-bond donors (Lipinski definition) is 1. The molecule has 3 rings (SSSR count). The zero-order valence-electron chi connectivity index (χ0n) is 19.3. The maximum absolute atomic E-state index is 12.6. The molecule has 0 aliphatic heterocycles. The number of fused-ring (bicyclic) bond motifs is 1. The molecule has 170 valence electrons. The van der Waals surface area contributed by atoms with Gasteiger partial charge in [0.2, 0.25) is 0 Å². The van der Waals surface area contributed by atoms with Crippen molar-refractivity contribution in [2.24, 2.45) is 0 Å². The Morgan fingerprint density at radius 2 is 1.78 bits per heavy atom. The highest BCUT2D eigenvalue weighted by molar-refractivity contribution is 5.84. The van der Waals surface area contributed by atoms with Gasteiger partial charge in [-0.05, 0) is 54.2 Å². The largest absolute Gasteiger partial charge is 0.497 e. The van der Waals surface area contributed by atoms with Crippen LogP contribution in [0.25, 0.3) is 10.9 Å². The van der Waals surface area contributed by atoms with Gasteiger partial charge in [-0.25, -0.2) is 0 Å². The number of nitrogens with one attached hydrogen (secondary N) is 1. The summed E-state index contributed by atoms with van der Waals surface area (Å²) in [5.41, 5.74) is 2.99. The van der Waals surface area contributed by atoms with E-state index in [1.807, 2.05) is 49.4 Å². The molecule has 3 aromatic rings. The molecule has 0 aliphatic carbocycles. The van der Waals surface area contributed by atoms with Crippen LogP contribution < -0.4 is 20.3 Å². The third-order valence-corrected chi connectivity index (χ3v) is 5.45. The molecule has 32 heavy (non-hydrogen) atoms. The molecule has 0 bridgehead atoms. The summed E-state index contributed by atoms with van der Waals surface area (Å²) in [6.07, 6.45) is 1.59. The lowest BCUT2D eigenvalue weighted by Crippen LogP contribution is -2.30. The molecule has 2 aromatic carbocycles. The van der Waals surface area contributed by atoms with Crippen molar-refractivity contribution >= 4 is 16.8 Å². The molecule has 1 amide bonds. The number of hydrogen-bond acceptors (Lipinski definition) is 4. The van der Waals surface area contributed by atoms with Gasteiger partial charge < -0.3 is 19.4 Å². The van der Waals surface area contributed by atoms with Crippen LogP contribution in [0.2, 0.25) is 0 Å². The Hall–Kier alpha value is -3.28. The molecule has 0 radical (unpaired) electrons. The van der Waals surface area contributed by atoms with E-state index in [0.29, 0.717) is 18.8 Å². The monoisotopic (exact) mass is 436 g/mol. The third-order valence-electron chi connectivity index (χ3n) is 5.45. The third kappa shape index (κ3) is 5.69.